The molecule has 1 N–H and O–H groups in total. The predicted octanol–water partition coefficient (Wildman–Crippen LogP) is 2.19. The van der Waals surface area contributed by atoms with Gasteiger partial charge >= 0.3 is 0 Å². The van der Waals surface area contributed by atoms with Crippen molar-refractivity contribution in [3.05, 3.63) is 34.9 Å². The highest BCUT2D eigenvalue weighted by Gasteiger charge is 2.15. The first kappa shape index (κ1) is 14.0. The highest BCUT2D eigenvalue weighted by atomic mass is 35.5. The number of amides is 1. The topological polar surface area (TPSA) is 32.3 Å². The standard InChI is InChI=1S/C13H18N2O.ClH/c1-3-6-15(2)13(16)10-4-5-11-8-14-9-12(11)7-10;/h4-5,7,14H,3,6,8-9H2,1-2H3;1H. The van der Waals surface area contributed by atoms with Crippen LogP contribution < -0.4 is 5.32 Å². The van der Waals surface area contributed by atoms with Gasteiger partial charge in [0.2, 0.25) is 0 Å². The van der Waals surface area contributed by atoms with Gasteiger partial charge in [-0.05, 0) is 29.7 Å². The summed E-state index contributed by atoms with van der Waals surface area (Å²) in [6.45, 7) is 4.70. The second-order valence-corrected chi connectivity index (χ2v) is 4.31. The van der Waals surface area contributed by atoms with Crippen molar-refractivity contribution >= 4 is 18.3 Å². The molecule has 0 saturated heterocycles. The van der Waals surface area contributed by atoms with Crippen LogP contribution in [0, 0.1) is 0 Å². The molecule has 0 aliphatic carbocycles. The van der Waals surface area contributed by atoms with E-state index in [1.54, 1.807) is 4.90 Å². The fraction of sp³-hybridized carbons (Fsp3) is 0.462. The summed E-state index contributed by atoms with van der Waals surface area (Å²) in [6.07, 6.45) is 0.995. The van der Waals surface area contributed by atoms with Gasteiger partial charge in [-0.1, -0.05) is 13.0 Å². The van der Waals surface area contributed by atoms with Gasteiger partial charge in [-0.15, -0.1) is 12.4 Å². The van der Waals surface area contributed by atoms with Crippen molar-refractivity contribution < 1.29 is 4.79 Å². The molecule has 0 radical (unpaired) electrons. The summed E-state index contributed by atoms with van der Waals surface area (Å²) >= 11 is 0. The van der Waals surface area contributed by atoms with Gasteiger partial charge in [0.1, 0.15) is 0 Å². The lowest BCUT2D eigenvalue weighted by atomic mass is 10.1. The average Bonchev–Trinajstić information content (AvgIpc) is 2.75. The number of hydrogen-bond donors (Lipinski definition) is 1. The molecule has 4 heteroatoms. The molecular weight excluding hydrogens is 236 g/mol. The summed E-state index contributed by atoms with van der Waals surface area (Å²) in [5, 5.41) is 3.28. The quantitative estimate of drug-likeness (QED) is 0.897. The Hall–Kier alpha value is -1.06. The monoisotopic (exact) mass is 254 g/mol. The Morgan fingerprint density at radius 3 is 2.76 bits per heavy atom. The molecule has 1 aromatic rings. The molecule has 0 aromatic heterocycles. The van der Waals surface area contributed by atoms with Crippen LogP contribution in [-0.2, 0) is 13.1 Å². The number of carbonyl (C=O) groups is 1. The first-order chi connectivity index (χ1) is 7.72. The van der Waals surface area contributed by atoms with Crippen LogP contribution in [0.5, 0.6) is 0 Å². The summed E-state index contributed by atoms with van der Waals surface area (Å²) in [5.74, 6) is 0.122. The Morgan fingerprint density at radius 2 is 2.06 bits per heavy atom. The van der Waals surface area contributed by atoms with Crippen LogP contribution in [0.1, 0.15) is 34.8 Å². The molecule has 0 atom stereocenters. The Labute approximate surface area is 109 Å². The molecule has 17 heavy (non-hydrogen) atoms. The van der Waals surface area contributed by atoms with Crippen LogP contribution >= 0.6 is 12.4 Å². The molecule has 0 unspecified atom stereocenters. The van der Waals surface area contributed by atoms with Crippen molar-refractivity contribution in [3.8, 4) is 0 Å². The normalized spacial score (nSPS) is 12.8. The Balaban J connectivity index is 0.00000144. The van der Waals surface area contributed by atoms with Gasteiger partial charge < -0.3 is 10.2 Å². The first-order valence-electron chi connectivity index (χ1n) is 5.80. The fourth-order valence-corrected chi connectivity index (χ4v) is 2.09. The van der Waals surface area contributed by atoms with Crippen LogP contribution in [0.2, 0.25) is 0 Å². The van der Waals surface area contributed by atoms with Crippen molar-refractivity contribution in [3.63, 3.8) is 0 Å². The Kier molecular flexibility index (Phi) is 4.97. The summed E-state index contributed by atoms with van der Waals surface area (Å²) in [5.41, 5.74) is 3.38. The third-order valence-electron chi connectivity index (χ3n) is 2.99. The molecule has 2 rings (SSSR count). The van der Waals surface area contributed by atoms with Gasteiger partial charge in [-0.3, -0.25) is 4.79 Å². The molecule has 1 aliphatic heterocycles. The zero-order valence-corrected chi connectivity index (χ0v) is 11.1. The van der Waals surface area contributed by atoms with Crippen LogP contribution in [0.15, 0.2) is 18.2 Å². The van der Waals surface area contributed by atoms with Gasteiger partial charge in [0.05, 0.1) is 0 Å². The van der Waals surface area contributed by atoms with E-state index in [0.29, 0.717) is 0 Å². The van der Waals surface area contributed by atoms with Crippen molar-refractivity contribution in [2.75, 3.05) is 13.6 Å². The highest BCUT2D eigenvalue weighted by molar-refractivity contribution is 5.94. The molecule has 0 bridgehead atoms. The Morgan fingerprint density at radius 1 is 1.35 bits per heavy atom. The van der Waals surface area contributed by atoms with Crippen LogP contribution in [-0.4, -0.2) is 24.4 Å². The number of nitrogens with zero attached hydrogens (tertiary/aromatic N) is 1. The SMILES string of the molecule is CCCN(C)C(=O)c1ccc2c(c1)CNC2.Cl. The molecule has 0 fully saturated rings. The maximum atomic E-state index is 12.0. The maximum Gasteiger partial charge on any atom is 0.253 e. The van der Waals surface area contributed by atoms with E-state index in [4.69, 9.17) is 0 Å². The zero-order valence-electron chi connectivity index (χ0n) is 10.3. The maximum absolute atomic E-state index is 12.0. The second kappa shape index (κ2) is 6.03. The van der Waals surface area contributed by atoms with Crippen molar-refractivity contribution in [2.24, 2.45) is 0 Å². The number of benzene rings is 1. The van der Waals surface area contributed by atoms with Crippen LogP contribution in [0.25, 0.3) is 0 Å². The van der Waals surface area contributed by atoms with Gasteiger partial charge in [0.25, 0.3) is 5.91 Å². The second-order valence-electron chi connectivity index (χ2n) is 4.31. The first-order valence-corrected chi connectivity index (χ1v) is 5.80. The molecular formula is C13H19ClN2O. The minimum absolute atomic E-state index is 0. The van der Waals surface area contributed by atoms with Crippen molar-refractivity contribution in [1.82, 2.24) is 10.2 Å². The summed E-state index contributed by atoms with van der Waals surface area (Å²) in [4.78, 5) is 13.8. The Bertz CT molecular complexity index is 406. The van der Waals surface area contributed by atoms with Gasteiger partial charge in [-0.25, -0.2) is 0 Å². The number of halogens is 1. The van der Waals surface area contributed by atoms with Crippen molar-refractivity contribution in [1.29, 1.82) is 0 Å². The number of rotatable bonds is 3. The number of fused-ring (bicyclic) bond motifs is 1. The van der Waals surface area contributed by atoms with Gasteiger partial charge in [-0.2, -0.15) is 0 Å². The third kappa shape index (κ3) is 2.99. The van der Waals surface area contributed by atoms with E-state index in [-0.39, 0.29) is 18.3 Å². The summed E-state index contributed by atoms with van der Waals surface area (Å²) in [6, 6.07) is 6.01. The molecule has 3 nitrogen and oxygen atoms in total. The predicted molar refractivity (Wildman–Crippen MR) is 71.5 cm³/mol. The molecule has 1 heterocycles. The minimum Gasteiger partial charge on any atom is -0.342 e. The van der Waals surface area contributed by atoms with E-state index in [0.717, 1.165) is 31.6 Å². The molecule has 0 saturated carbocycles. The van der Waals surface area contributed by atoms with Crippen LogP contribution in [0.4, 0.5) is 0 Å². The van der Waals surface area contributed by atoms with Gasteiger partial charge in [0, 0.05) is 32.2 Å². The summed E-state index contributed by atoms with van der Waals surface area (Å²) < 4.78 is 0. The molecule has 1 aromatic carbocycles. The number of carbonyl (C=O) groups excluding carboxylic acids is 1. The van der Waals surface area contributed by atoms with E-state index in [1.165, 1.54) is 11.1 Å². The molecule has 1 amide bonds. The average molecular weight is 255 g/mol. The lowest BCUT2D eigenvalue weighted by Gasteiger charge is -2.16. The van der Waals surface area contributed by atoms with Gasteiger partial charge in [0.15, 0.2) is 0 Å². The largest absolute Gasteiger partial charge is 0.342 e. The fourth-order valence-electron chi connectivity index (χ4n) is 2.09. The lowest BCUT2D eigenvalue weighted by Crippen LogP contribution is -2.27. The smallest absolute Gasteiger partial charge is 0.253 e. The van der Waals surface area contributed by atoms with E-state index in [2.05, 4.69) is 18.3 Å². The van der Waals surface area contributed by atoms with E-state index >= 15 is 0 Å². The minimum atomic E-state index is 0. The number of hydrogen-bond acceptors (Lipinski definition) is 2. The molecule has 94 valence electrons. The van der Waals surface area contributed by atoms with E-state index < -0.39 is 0 Å². The molecule has 1 aliphatic rings. The molecule has 0 spiro atoms. The zero-order chi connectivity index (χ0) is 11.5. The lowest BCUT2D eigenvalue weighted by molar-refractivity contribution is 0.0795. The number of nitrogens with one attached hydrogen (secondary N) is 1. The van der Waals surface area contributed by atoms with Crippen LogP contribution in [0.3, 0.4) is 0 Å². The summed E-state index contributed by atoms with van der Waals surface area (Å²) in [7, 11) is 1.86. The highest BCUT2D eigenvalue weighted by Crippen LogP contribution is 2.17. The van der Waals surface area contributed by atoms with E-state index in [9.17, 15) is 4.79 Å². The van der Waals surface area contributed by atoms with Crippen molar-refractivity contribution in [2.45, 2.75) is 26.4 Å². The van der Waals surface area contributed by atoms with E-state index in [1.807, 2.05) is 19.2 Å². The third-order valence-corrected chi connectivity index (χ3v) is 2.99.